The molecule has 0 fully saturated rings. The Hall–Kier alpha value is -3.34. The molecule has 7 heteroatoms. The van der Waals surface area contributed by atoms with Gasteiger partial charge in [-0.3, -0.25) is 4.79 Å². The second-order valence-electron chi connectivity index (χ2n) is 4.22. The zero-order valence-corrected chi connectivity index (χ0v) is 12.1. The molecule has 2 N–H and O–H groups in total. The van der Waals surface area contributed by atoms with E-state index < -0.39 is 0 Å². The largest absolute Gasteiger partial charge is 0.375 e. The molecule has 0 heterocycles. The zero-order chi connectivity index (χ0) is 16.5. The van der Waals surface area contributed by atoms with Gasteiger partial charge in [0.2, 0.25) is 5.91 Å². The van der Waals surface area contributed by atoms with Crippen LogP contribution in [-0.4, -0.2) is 19.6 Å². The summed E-state index contributed by atoms with van der Waals surface area (Å²) >= 11 is 0. The van der Waals surface area contributed by atoms with Crippen LogP contribution >= 0.6 is 0 Å². The van der Waals surface area contributed by atoms with Gasteiger partial charge in [0, 0.05) is 18.5 Å². The molecule has 0 aromatic heterocycles. The summed E-state index contributed by atoms with van der Waals surface area (Å²) in [5, 5.41) is 32.0. The van der Waals surface area contributed by atoms with Gasteiger partial charge in [-0.25, -0.2) is 0 Å². The lowest BCUT2D eigenvalue weighted by molar-refractivity contribution is -0.119. The summed E-state index contributed by atoms with van der Waals surface area (Å²) in [6.07, 6.45) is 0. The minimum absolute atomic E-state index is 0.0764. The summed E-state index contributed by atoms with van der Waals surface area (Å²) in [5.74, 6) is -0.317. The zero-order valence-electron chi connectivity index (χ0n) is 12.1. The van der Waals surface area contributed by atoms with Crippen molar-refractivity contribution in [1.29, 1.82) is 15.8 Å². The first-order valence-electron chi connectivity index (χ1n) is 6.16. The van der Waals surface area contributed by atoms with Crippen LogP contribution in [-0.2, 0) is 9.53 Å². The normalized spacial score (nSPS) is 8.86. The van der Waals surface area contributed by atoms with E-state index >= 15 is 0 Å². The van der Waals surface area contributed by atoms with Crippen LogP contribution in [0.1, 0.15) is 5.56 Å². The van der Waals surface area contributed by atoms with E-state index in [4.69, 9.17) is 20.5 Å². The van der Waals surface area contributed by atoms with E-state index in [-0.39, 0.29) is 23.8 Å². The summed E-state index contributed by atoms with van der Waals surface area (Å²) < 4.78 is 4.72. The monoisotopic (exact) mass is 295 g/mol. The molecule has 0 aliphatic carbocycles. The molecule has 1 rings (SSSR count). The molecule has 0 spiro atoms. The Labute approximate surface area is 128 Å². The lowest BCUT2D eigenvalue weighted by atomic mass is 10.1. The highest BCUT2D eigenvalue weighted by atomic mass is 16.5. The molecular weight excluding hydrogens is 282 g/mol. The predicted octanol–water partition coefficient (Wildman–Crippen LogP) is 1.82. The number of amides is 1. The fourth-order valence-corrected chi connectivity index (χ4v) is 1.58. The standard InChI is InChI=1S/C15H13N5O2/c1-10-3-4-12(19-15(21)9-22-2)5-13(10)20-14(8-18)11(6-16)7-17/h3-5,20H,9H2,1-2H3,(H,19,21). The second-order valence-corrected chi connectivity index (χ2v) is 4.22. The number of hydrogen-bond donors (Lipinski definition) is 2. The molecule has 0 radical (unpaired) electrons. The molecule has 1 aromatic carbocycles. The van der Waals surface area contributed by atoms with Gasteiger partial charge in [-0.15, -0.1) is 0 Å². The topological polar surface area (TPSA) is 122 Å². The molecule has 0 saturated heterocycles. The average molecular weight is 295 g/mol. The average Bonchev–Trinajstić information content (AvgIpc) is 2.50. The van der Waals surface area contributed by atoms with Crippen molar-refractivity contribution < 1.29 is 9.53 Å². The van der Waals surface area contributed by atoms with Crippen LogP contribution in [0, 0.1) is 40.9 Å². The summed E-state index contributed by atoms with van der Waals surface area (Å²) in [6.45, 7) is 1.71. The van der Waals surface area contributed by atoms with Crippen LogP contribution in [0.3, 0.4) is 0 Å². The summed E-state index contributed by atoms with van der Waals surface area (Å²) in [4.78, 5) is 11.5. The fourth-order valence-electron chi connectivity index (χ4n) is 1.58. The Morgan fingerprint density at radius 3 is 2.41 bits per heavy atom. The number of carbonyl (C=O) groups is 1. The number of benzene rings is 1. The number of nitrogens with one attached hydrogen (secondary N) is 2. The van der Waals surface area contributed by atoms with E-state index in [1.54, 1.807) is 43.3 Å². The number of nitriles is 3. The van der Waals surface area contributed by atoms with Crippen molar-refractivity contribution >= 4 is 17.3 Å². The minimum Gasteiger partial charge on any atom is -0.375 e. The first kappa shape index (κ1) is 16.7. The maximum absolute atomic E-state index is 11.5. The van der Waals surface area contributed by atoms with E-state index in [1.165, 1.54) is 7.11 Å². The number of ether oxygens (including phenoxy) is 1. The van der Waals surface area contributed by atoms with Gasteiger partial charge in [-0.1, -0.05) is 6.07 Å². The third-order valence-corrected chi connectivity index (χ3v) is 2.64. The highest BCUT2D eigenvalue weighted by molar-refractivity contribution is 5.92. The Kier molecular flexibility index (Phi) is 6.12. The number of hydrogen-bond acceptors (Lipinski definition) is 6. The van der Waals surface area contributed by atoms with Gasteiger partial charge in [0.1, 0.15) is 30.5 Å². The molecule has 0 atom stereocenters. The maximum Gasteiger partial charge on any atom is 0.250 e. The SMILES string of the molecule is COCC(=O)Nc1ccc(C)c(NC(C#N)=C(C#N)C#N)c1. The molecular formula is C15H13N5O2. The molecule has 0 unspecified atom stereocenters. The van der Waals surface area contributed by atoms with Gasteiger partial charge < -0.3 is 15.4 Å². The van der Waals surface area contributed by atoms with Crippen LogP contribution in [0.2, 0.25) is 0 Å². The molecule has 0 aliphatic heterocycles. The Morgan fingerprint density at radius 2 is 1.86 bits per heavy atom. The van der Waals surface area contributed by atoms with Gasteiger partial charge in [0.25, 0.3) is 0 Å². The quantitative estimate of drug-likeness (QED) is 0.799. The van der Waals surface area contributed by atoms with Crippen molar-refractivity contribution in [2.24, 2.45) is 0 Å². The molecule has 1 aromatic rings. The Balaban J connectivity index is 3.09. The summed E-state index contributed by atoms with van der Waals surface area (Å²) in [6, 6.07) is 10.1. The van der Waals surface area contributed by atoms with E-state index in [0.29, 0.717) is 11.4 Å². The van der Waals surface area contributed by atoms with Crippen LogP contribution in [0.15, 0.2) is 29.5 Å². The number of allylic oxidation sites excluding steroid dienone is 2. The van der Waals surface area contributed by atoms with Crippen molar-refractivity contribution in [2.45, 2.75) is 6.92 Å². The predicted molar refractivity (Wildman–Crippen MR) is 79.2 cm³/mol. The number of rotatable bonds is 5. The first-order valence-corrected chi connectivity index (χ1v) is 6.16. The third-order valence-electron chi connectivity index (χ3n) is 2.64. The van der Waals surface area contributed by atoms with E-state index in [0.717, 1.165) is 5.56 Å². The molecule has 0 aliphatic rings. The van der Waals surface area contributed by atoms with Gasteiger partial charge >= 0.3 is 0 Å². The van der Waals surface area contributed by atoms with E-state index in [9.17, 15) is 4.79 Å². The van der Waals surface area contributed by atoms with Crippen molar-refractivity contribution in [3.63, 3.8) is 0 Å². The van der Waals surface area contributed by atoms with Crippen LogP contribution in [0.5, 0.6) is 0 Å². The highest BCUT2D eigenvalue weighted by Crippen LogP contribution is 2.22. The molecule has 22 heavy (non-hydrogen) atoms. The molecule has 0 bridgehead atoms. The number of carbonyl (C=O) groups excluding carboxylic acids is 1. The van der Waals surface area contributed by atoms with Crippen molar-refractivity contribution in [3.8, 4) is 18.2 Å². The van der Waals surface area contributed by atoms with E-state index in [2.05, 4.69) is 10.6 Å². The van der Waals surface area contributed by atoms with Crippen molar-refractivity contribution in [2.75, 3.05) is 24.4 Å². The number of anilines is 2. The second kappa shape index (κ2) is 8.06. The molecule has 7 nitrogen and oxygen atoms in total. The smallest absolute Gasteiger partial charge is 0.250 e. The van der Waals surface area contributed by atoms with Crippen LogP contribution in [0.25, 0.3) is 0 Å². The summed E-state index contributed by atoms with van der Waals surface area (Å²) in [7, 11) is 1.41. The van der Waals surface area contributed by atoms with Gasteiger partial charge in [0.05, 0.1) is 0 Å². The minimum atomic E-state index is -0.317. The molecule has 110 valence electrons. The third kappa shape index (κ3) is 4.35. The van der Waals surface area contributed by atoms with Gasteiger partial charge in [0.15, 0.2) is 5.57 Å². The number of nitrogens with zero attached hydrogens (tertiary/aromatic N) is 3. The van der Waals surface area contributed by atoms with Gasteiger partial charge in [-0.2, -0.15) is 15.8 Å². The van der Waals surface area contributed by atoms with Gasteiger partial charge in [-0.05, 0) is 24.6 Å². The molecule has 0 saturated carbocycles. The lowest BCUT2D eigenvalue weighted by Crippen LogP contribution is -2.17. The fraction of sp³-hybridized carbons (Fsp3) is 0.200. The van der Waals surface area contributed by atoms with Crippen LogP contribution in [0.4, 0.5) is 11.4 Å². The summed E-state index contributed by atoms with van der Waals surface area (Å²) in [5.41, 5.74) is 1.34. The number of methoxy groups -OCH3 is 1. The maximum atomic E-state index is 11.5. The highest BCUT2D eigenvalue weighted by Gasteiger charge is 2.09. The van der Waals surface area contributed by atoms with Crippen LogP contribution < -0.4 is 10.6 Å². The Bertz CT molecular complexity index is 716. The van der Waals surface area contributed by atoms with E-state index in [1.807, 2.05) is 0 Å². The Morgan fingerprint density at radius 1 is 1.18 bits per heavy atom. The first-order chi connectivity index (χ1) is 10.5. The van der Waals surface area contributed by atoms with Crippen molar-refractivity contribution in [3.05, 3.63) is 35.0 Å². The van der Waals surface area contributed by atoms with Crippen molar-refractivity contribution in [1.82, 2.24) is 0 Å². The number of aryl methyl sites for hydroxylation is 1. The molecule has 1 amide bonds. The lowest BCUT2D eigenvalue weighted by Gasteiger charge is -2.11.